The summed E-state index contributed by atoms with van der Waals surface area (Å²) in [6, 6.07) is 14.1. The van der Waals surface area contributed by atoms with Crippen LogP contribution in [0.3, 0.4) is 0 Å². The molecule has 3 heteroatoms. The molecule has 0 aliphatic rings. The first kappa shape index (κ1) is 15.8. The minimum absolute atomic E-state index is 0.0813. The Hall–Kier alpha value is -1.61. The van der Waals surface area contributed by atoms with Crippen molar-refractivity contribution in [3.8, 4) is 0 Å². The number of nitrogens with zero attached hydrogens (tertiary/aromatic N) is 1. The van der Waals surface area contributed by atoms with E-state index in [-0.39, 0.29) is 5.91 Å². The number of carbonyl (C=O) groups is 1. The fourth-order valence-corrected chi connectivity index (χ4v) is 2.73. The lowest BCUT2D eigenvalue weighted by Crippen LogP contribution is -2.30. The van der Waals surface area contributed by atoms with Gasteiger partial charge in [-0.3, -0.25) is 4.79 Å². The Morgan fingerprint density at radius 3 is 2.52 bits per heavy atom. The van der Waals surface area contributed by atoms with Gasteiger partial charge in [0.2, 0.25) is 0 Å². The summed E-state index contributed by atoms with van der Waals surface area (Å²) in [6.07, 6.45) is 0. The minimum atomic E-state index is 0.0813. The second-order valence-electron chi connectivity index (χ2n) is 5.22. The summed E-state index contributed by atoms with van der Waals surface area (Å²) in [5.41, 5.74) is 4.14. The Kier molecular flexibility index (Phi) is 5.18. The zero-order valence-corrected chi connectivity index (χ0v) is 14.3. The van der Waals surface area contributed by atoms with Gasteiger partial charge in [0.25, 0.3) is 5.91 Å². The van der Waals surface area contributed by atoms with E-state index in [0.717, 1.165) is 21.2 Å². The Morgan fingerprint density at radius 2 is 1.86 bits per heavy atom. The molecule has 0 saturated carbocycles. The van der Waals surface area contributed by atoms with Crippen molar-refractivity contribution in [3.63, 3.8) is 0 Å². The minimum Gasteiger partial charge on any atom is -0.335 e. The largest absolute Gasteiger partial charge is 0.335 e. The van der Waals surface area contributed by atoms with Gasteiger partial charge in [-0.05, 0) is 44.0 Å². The van der Waals surface area contributed by atoms with Crippen LogP contribution >= 0.6 is 15.9 Å². The first-order chi connectivity index (χ1) is 10.0. The molecule has 0 heterocycles. The lowest BCUT2D eigenvalue weighted by atomic mass is 10.1. The SMILES string of the molecule is CCN(Cc1cccc(C)c1)C(=O)c1cccc(Br)c1C. The molecule has 0 atom stereocenters. The number of aryl methyl sites for hydroxylation is 1. The molecule has 0 bridgehead atoms. The van der Waals surface area contributed by atoms with E-state index in [4.69, 9.17) is 0 Å². The predicted octanol–water partition coefficient (Wildman–Crippen LogP) is 4.73. The van der Waals surface area contributed by atoms with Gasteiger partial charge in [0.05, 0.1) is 0 Å². The number of hydrogen-bond acceptors (Lipinski definition) is 1. The summed E-state index contributed by atoms with van der Waals surface area (Å²) in [6.45, 7) is 7.39. The fraction of sp³-hybridized carbons (Fsp3) is 0.278. The highest BCUT2D eigenvalue weighted by atomic mass is 79.9. The average molecular weight is 346 g/mol. The molecule has 1 amide bonds. The van der Waals surface area contributed by atoms with Crippen molar-refractivity contribution in [2.45, 2.75) is 27.3 Å². The number of halogens is 1. The van der Waals surface area contributed by atoms with Gasteiger partial charge in [-0.25, -0.2) is 0 Å². The van der Waals surface area contributed by atoms with Crippen molar-refractivity contribution in [2.75, 3.05) is 6.54 Å². The summed E-state index contributed by atoms with van der Waals surface area (Å²) in [4.78, 5) is 14.6. The number of benzene rings is 2. The van der Waals surface area contributed by atoms with Gasteiger partial charge in [0, 0.05) is 23.1 Å². The van der Waals surface area contributed by atoms with E-state index < -0.39 is 0 Å². The summed E-state index contributed by atoms with van der Waals surface area (Å²) in [5, 5.41) is 0. The van der Waals surface area contributed by atoms with Crippen molar-refractivity contribution in [1.29, 1.82) is 0 Å². The summed E-state index contributed by atoms with van der Waals surface area (Å²) in [5.74, 6) is 0.0813. The van der Waals surface area contributed by atoms with Crippen LogP contribution in [-0.2, 0) is 6.54 Å². The van der Waals surface area contributed by atoms with Crippen LogP contribution in [0.1, 0.15) is 34.0 Å². The molecule has 0 N–H and O–H groups in total. The second-order valence-corrected chi connectivity index (χ2v) is 6.08. The van der Waals surface area contributed by atoms with Crippen molar-refractivity contribution in [2.24, 2.45) is 0 Å². The van der Waals surface area contributed by atoms with Crippen LogP contribution in [0.15, 0.2) is 46.9 Å². The quantitative estimate of drug-likeness (QED) is 0.784. The molecule has 0 aromatic heterocycles. The first-order valence-electron chi connectivity index (χ1n) is 7.13. The standard InChI is InChI=1S/C18H20BrNO/c1-4-20(12-15-8-5-7-13(2)11-15)18(21)16-9-6-10-17(19)14(16)3/h5-11H,4,12H2,1-3H3. The van der Waals surface area contributed by atoms with Gasteiger partial charge >= 0.3 is 0 Å². The van der Waals surface area contributed by atoms with E-state index in [9.17, 15) is 4.79 Å². The molecule has 0 aliphatic carbocycles. The molecule has 0 aliphatic heterocycles. The zero-order valence-electron chi connectivity index (χ0n) is 12.7. The first-order valence-corrected chi connectivity index (χ1v) is 7.92. The van der Waals surface area contributed by atoms with E-state index in [1.54, 1.807) is 0 Å². The van der Waals surface area contributed by atoms with Crippen molar-refractivity contribution < 1.29 is 4.79 Å². The van der Waals surface area contributed by atoms with Crippen molar-refractivity contribution in [1.82, 2.24) is 4.90 Å². The Morgan fingerprint density at radius 1 is 1.14 bits per heavy atom. The number of amides is 1. The molecule has 0 spiro atoms. The van der Waals surface area contributed by atoms with E-state index in [1.165, 1.54) is 5.56 Å². The predicted molar refractivity (Wildman–Crippen MR) is 90.5 cm³/mol. The molecule has 110 valence electrons. The molecule has 2 rings (SSSR count). The van der Waals surface area contributed by atoms with E-state index in [0.29, 0.717) is 13.1 Å². The van der Waals surface area contributed by atoms with Gasteiger partial charge in [-0.2, -0.15) is 0 Å². The van der Waals surface area contributed by atoms with Crippen LogP contribution in [-0.4, -0.2) is 17.4 Å². The maximum Gasteiger partial charge on any atom is 0.254 e. The third kappa shape index (κ3) is 3.73. The van der Waals surface area contributed by atoms with Crippen LogP contribution < -0.4 is 0 Å². The Bertz CT molecular complexity index is 651. The molecular formula is C18H20BrNO. The van der Waals surface area contributed by atoms with E-state index >= 15 is 0 Å². The van der Waals surface area contributed by atoms with Gasteiger partial charge in [0.1, 0.15) is 0 Å². The molecule has 0 unspecified atom stereocenters. The van der Waals surface area contributed by atoms with Crippen molar-refractivity contribution in [3.05, 3.63) is 69.2 Å². The maximum atomic E-state index is 12.7. The highest BCUT2D eigenvalue weighted by molar-refractivity contribution is 9.10. The monoisotopic (exact) mass is 345 g/mol. The highest BCUT2D eigenvalue weighted by Gasteiger charge is 2.17. The topological polar surface area (TPSA) is 20.3 Å². The smallest absolute Gasteiger partial charge is 0.254 e. The van der Waals surface area contributed by atoms with Crippen LogP contribution in [0.5, 0.6) is 0 Å². The average Bonchev–Trinajstić information content (AvgIpc) is 2.47. The van der Waals surface area contributed by atoms with Crippen LogP contribution in [0.2, 0.25) is 0 Å². The number of hydrogen-bond donors (Lipinski definition) is 0. The Balaban J connectivity index is 2.25. The lowest BCUT2D eigenvalue weighted by molar-refractivity contribution is 0.0751. The van der Waals surface area contributed by atoms with E-state index in [1.807, 2.05) is 43.0 Å². The molecule has 0 fully saturated rings. The van der Waals surface area contributed by atoms with Gasteiger partial charge in [0.15, 0.2) is 0 Å². The summed E-state index contributed by atoms with van der Waals surface area (Å²) < 4.78 is 0.972. The second kappa shape index (κ2) is 6.90. The summed E-state index contributed by atoms with van der Waals surface area (Å²) in [7, 11) is 0. The fourth-order valence-electron chi connectivity index (χ4n) is 2.37. The third-order valence-corrected chi connectivity index (χ3v) is 4.48. The number of rotatable bonds is 4. The van der Waals surface area contributed by atoms with Crippen molar-refractivity contribution >= 4 is 21.8 Å². The molecule has 2 aromatic carbocycles. The summed E-state index contributed by atoms with van der Waals surface area (Å²) >= 11 is 3.49. The van der Waals surface area contributed by atoms with Crippen LogP contribution in [0, 0.1) is 13.8 Å². The molecule has 2 nitrogen and oxygen atoms in total. The lowest BCUT2D eigenvalue weighted by Gasteiger charge is -2.22. The third-order valence-electron chi connectivity index (χ3n) is 3.62. The van der Waals surface area contributed by atoms with Gasteiger partial charge in [-0.15, -0.1) is 0 Å². The Labute approximate surface area is 134 Å². The molecule has 0 radical (unpaired) electrons. The normalized spacial score (nSPS) is 10.5. The molecule has 0 saturated heterocycles. The highest BCUT2D eigenvalue weighted by Crippen LogP contribution is 2.21. The number of carbonyl (C=O) groups excluding carboxylic acids is 1. The maximum absolute atomic E-state index is 12.7. The van der Waals surface area contributed by atoms with Crippen LogP contribution in [0.4, 0.5) is 0 Å². The molecular weight excluding hydrogens is 326 g/mol. The molecule has 21 heavy (non-hydrogen) atoms. The zero-order chi connectivity index (χ0) is 15.4. The van der Waals surface area contributed by atoms with Gasteiger partial charge in [-0.1, -0.05) is 51.8 Å². The van der Waals surface area contributed by atoms with E-state index in [2.05, 4.69) is 41.1 Å². The van der Waals surface area contributed by atoms with Crippen LogP contribution in [0.25, 0.3) is 0 Å². The molecule has 2 aromatic rings. The van der Waals surface area contributed by atoms with Gasteiger partial charge < -0.3 is 4.90 Å².